The molecule has 0 bridgehead atoms. The Morgan fingerprint density at radius 1 is 1.60 bits per heavy atom. The van der Waals surface area contributed by atoms with E-state index >= 15 is 0 Å². The minimum Gasteiger partial charge on any atom is -0.159 e. The Balaban J connectivity index is 3.00. The van der Waals surface area contributed by atoms with E-state index in [1.54, 1.807) is 12.1 Å². The maximum Gasteiger partial charge on any atom is 0.299 e. The minimum absolute atomic E-state index is 0.291. The highest BCUT2D eigenvalue weighted by molar-refractivity contribution is 5.30. The summed E-state index contributed by atoms with van der Waals surface area (Å²) in [7, 11) is 0. The number of hydrazine groups is 1. The van der Waals surface area contributed by atoms with Gasteiger partial charge < -0.3 is 0 Å². The number of benzene rings is 1. The van der Waals surface area contributed by atoms with E-state index in [0.29, 0.717) is 10.6 Å². The highest BCUT2D eigenvalue weighted by Crippen LogP contribution is 2.07. The molecule has 10 heavy (non-hydrogen) atoms. The van der Waals surface area contributed by atoms with Gasteiger partial charge in [-0.05, 0) is 13.0 Å². The molecule has 0 aliphatic rings. The van der Waals surface area contributed by atoms with Gasteiger partial charge in [0.1, 0.15) is 0 Å². The maximum absolute atomic E-state index is 10.4. The zero-order chi connectivity index (χ0) is 7.56. The predicted octanol–water partition coefficient (Wildman–Crippen LogP) is 1.08. The zero-order valence-corrected chi connectivity index (χ0v) is 5.66. The summed E-state index contributed by atoms with van der Waals surface area (Å²) >= 11 is 0. The molecule has 51 valence electrons. The van der Waals surface area contributed by atoms with Crippen LogP contribution in [-0.2, 0) is 0 Å². The number of nitroso groups, excluding NO2 is 1. The Morgan fingerprint density at radius 2 is 2.30 bits per heavy atom. The molecule has 0 saturated heterocycles. The molecule has 1 aromatic rings. The largest absolute Gasteiger partial charge is 0.299 e. The van der Waals surface area contributed by atoms with Crippen molar-refractivity contribution in [1.82, 2.24) is 0 Å². The van der Waals surface area contributed by atoms with Crippen molar-refractivity contribution in [3.63, 3.8) is 0 Å². The van der Waals surface area contributed by atoms with Crippen molar-refractivity contribution in [3.8, 4) is 0 Å². The van der Waals surface area contributed by atoms with Gasteiger partial charge in [-0.3, -0.25) is 0 Å². The standard InChI is InChI=1S/C7H8N2O/c1-6-2-4-7(5-3-6)9(8)10/h2-4H,1H3,(H2,8,10)/q+1. The first-order valence-corrected chi connectivity index (χ1v) is 2.90. The van der Waals surface area contributed by atoms with E-state index < -0.39 is 0 Å². The molecule has 2 N–H and O–H groups in total. The average molecular weight is 136 g/mol. The van der Waals surface area contributed by atoms with Crippen LogP contribution in [0.2, 0.25) is 0 Å². The molecule has 0 fully saturated rings. The van der Waals surface area contributed by atoms with Crippen LogP contribution in [0.15, 0.2) is 18.2 Å². The van der Waals surface area contributed by atoms with E-state index in [1.165, 1.54) is 0 Å². The second-order valence-corrected chi connectivity index (χ2v) is 2.08. The van der Waals surface area contributed by atoms with Crippen LogP contribution in [0.5, 0.6) is 0 Å². The summed E-state index contributed by atoms with van der Waals surface area (Å²) in [6.07, 6.45) is 0. The Labute approximate surface area is 59.0 Å². The van der Waals surface area contributed by atoms with Crippen molar-refractivity contribution in [2.24, 2.45) is 5.84 Å². The fourth-order valence-electron chi connectivity index (χ4n) is 0.631. The Kier molecular flexibility index (Phi) is 1.67. The summed E-state index contributed by atoms with van der Waals surface area (Å²) in [5.74, 6) is 4.91. The molecule has 0 atom stereocenters. The van der Waals surface area contributed by atoms with Gasteiger partial charge in [0.2, 0.25) is 0 Å². The zero-order valence-electron chi connectivity index (χ0n) is 5.66. The highest BCUT2D eigenvalue weighted by atomic mass is 16.3. The normalized spacial score (nSPS) is 9.30. The van der Waals surface area contributed by atoms with Gasteiger partial charge in [-0.2, -0.15) is 5.84 Å². The van der Waals surface area contributed by atoms with Crippen LogP contribution >= 0.6 is 0 Å². The van der Waals surface area contributed by atoms with E-state index in [2.05, 4.69) is 6.07 Å². The molecule has 1 aromatic carbocycles. The molecule has 0 saturated carbocycles. The Bertz CT molecular complexity index is 240. The van der Waals surface area contributed by atoms with Crippen LogP contribution in [-0.4, -0.2) is 4.87 Å². The van der Waals surface area contributed by atoms with E-state index in [0.717, 1.165) is 5.56 Å². The molecule has 0 aliphatic carbocycles. The third kappa shape index (κ3) is 1.31. The van der Waals surface area contributed by atoms with E-state index in [4.69, 9.17) is 5.84 Å². The van der Waals surface area contributed by atoms with Gasteiger partial charge in [0.25, 0.3) is 5.69 Å². The van der Waals surface area contributed by atoms with Crippen molar-refractivity contribution in [3.05, 3.63) is 34.7 Å². The molecular weight excluding hydrogens is 128 g/mol. The lowest BCUT2D eigenvalue weighted by Crippen LogP contribution is -2.08. The number of nitrogens with two attached hydrogens (primary N) is 1. The molecule has 0 amide bonds. The van der Waals surface area contributed by atoms with Crippen molar-refractivity contribution in [1.29, 1.82) is 0 Å². The predicted molar refractivity (Wildman–Crippen MR) is 37.5 cm³/mol. The molecule has 0 spiro atoms. The second kappa shape index (κ2) is 2.47. The first kappa shape index (κ1) is 6.74. The molecule has 3 heteroatoms. The Hall–Kier alpha value is -1.38. The number of hydrogen-bond donors (Lipinski definition) is 1. The molecule has 0 unspecified atom stereocenters. The summed E-state index contributed by atoms with van der Waals surface area (Å²) in [6.45, 7) is 1.92. The molecule has 3 nitrogen and oxygen atoms in total. The van der Waals surface area contributed by atoms with Crippen LogP contribution in [0.25, 0.3) is 0 Å². The maximum atomic E-state index is 10.4. The second-order valence-electron chi connectivity index (χ2n) is 2.08. The summed E-state index contributed by atoms with van der Waals surface area (Å²) in [4.78, 5) is 10.7. The van der Waals surface area contributed by atoms with Crippen LogP contribution in [0.1, 0.15) is 5.56 Å². The van der Waals surface area contributed by atoms with Crippen molar-refractivity contribution in [2.45, 2.75) is 6.92 Å². The number of rotatable bonds is 1. The molecule has 0 heterocycles. The summed E-state index contributed by atoms with van der Waals surface area (Å²) in [6, 6.07) is 7.88. The van der Waals surface area contributed by atoms with Gasteiger partial charge >= 0.3 is 0 Å². The van der Waals surface area contributed by atoms with Crippen molar-refractivity contribution >= 4 is 5.69 Å². The fraction of sp³-hybridized carbons (Fsp3) is 0.143. The SMILES string of the molecule is Cc1c[c]c([N+](N)=O)cc1. The minimum atomic E-state index is 0.291. The molecule has 1 radical (unpaired) electrons. The van der Waals surface area contributed by atoms with Gasteiger partial charge in [-0.1, -0.05) is 11.6 Å². The fourth-order valence-corrected chi connectivity index (χ4v) is 0.631. The third-order valence-electron chi connectivity index (χ3n) is 1.19. The van der Waals surface area contributed by atoms with E-state index in [9.17, 15) is 4.91 Å². The van der Waals surface area contributed by atoms with Gasteiger partial charge in [-0.15, -0.1) is 0 Å². The summed E-state index contributed by atoms with van der Waals surface area (Å²) in [5.41, 5.74) is 1.41. The average Bonchev–Trinajstić information content (AvgIpc) is 1.88. The van der Waals surface area contributed by atoms with Gasteiger partial charge in [0.15, 0.2) is 4.87 Å². The lowest BCUT2D eigenvalue weighted by atomic mass is 10.2. The topological polar surface area (TPSA) is 46.1 Å². The van der Waals surface area contributed by atoms with E-state index in [-0.39, 0.29) is 0 Å². The van der Waals surface area contributed by atoms with Crippen LogP contribution in [0.4, 0.5) is 5.69 Å². The number of nitrogens with zero attached hydrogens (tertiary/aromatic N) is 1. The highest BCUT2D eigenvalue weighted by Gasteiger charge is 2.05. The molecule has 0 aromatic heterocycles. The molecule has 1 rings (SSSR count). The first-order chi connectivity index (χ1) is 4.70. The lowest BCUT2D eigenvalue weighted by Gasteiger charge is -1.86. The summed E-state index contributed by atoms with van der Waals surface area (Å²) < 4.78 is 0. The van der Waals surface area contributed by atoms with Crippen molar-refractivity contribution < 1.29 is 4.87 Å². The lowest BCUT2D eigenvalue weighted by molar-refractivity contribution is -0.475. The first-order valence-electron chi connectivity index (χ1n) is 2.90. The van der Waals surface area contributed by atoms with Crippen molar-refractivity contribution in [2.75, 3.05) is 0 Å². The van der Waals surface area contributed by atoms with Gasteiger partial charge in [0, 0.05) is 6.07 Å². The molecular formula is C7H8N2O+. The number of aryl methyl sites for hydroxylation is 1. The van der Waals surface area contributed by atoms with Crippen LogP contribution in [0, 0.1) is 17.9 Å². The van der Waals surface area contributed by atoms with Gasteiger partial charge in [0.05, 0.1) is 11.0 Å². The van der Waals surface area contributed by atoms with Gasteiger partial charge in [-0.25, -0.2) is 0 Å². The van der Waals surface area contributed by atoms with Crippen LogP contribution in [0.3, 0.4) is 0 Å². The van der Waals surface area contributed by atoms with E-state index in [1.807, 2.05) is 13.0 Å². The Morgan fingerprint density at radius 3 is 2.70 bits per heavy atom. The quantitative estimate of drug-likeness (QED) is 0.356. The third-order valence-corrected chi connectivity index (χ3v) is 1.19. The monoisotopic (exact) mass is 136 g/mol. The van der Waals surface area contributed by atoms with Crippen LogP contribution < -0.4 is 5.84 Å². The summed E-state index contributed by atoms with van der Waals surface area (Å²) in [5, 5.41) is 0. The smallest absolute Gasteiger partial charge is 0.159 e. The number of hydrogen-bond acceptors (Lipinski definition) is 1. The molecule has 0 aliphatic heterocycles.